The molecule has 34 heavy (non-hydrogen) atoms. The molecular weight excluding hydrogens is 448 g/mol. The Kier molecular flexibility index (Phi) is 7.13. The fraction of sp³-hybridized carbons (Fsp3) is 0.391. The molecule has 4 rings (SSSR count). The van der Waals surface area contributed by atoms with Crippen LogP contribution < -0.4 is 20.9 Å². The van der Waals surface area contributed by atoms with Gasteiger partial charge >= 0.3 is 6.09 Å². The fourth-order valence-electron chi connectivity index (χ4n) is 4.04. The highest BCUT2D eigenvalue weighted by molar-refractivity contribution is 5.90. The summed E-state index contributed by atoms with van der Waals surface area (Å²) in [6.45, 7) is 3.38. The summed E-state index contributed by atoms with van der Waals surface area (Å²) < 4.78 is 35.3. The highest BCUT2D eigenvalue weighted by atomic mass is 19.1. The molecule has 0 aliphatic carbocycles. The first-order chi connectivity index (χ1) is 16.3. The van der Waals surface area contributed by atoms with E-state index in [4.69, 9.17) is 15.3 Å². The van der Waals surface area contributed by atoms with Crippen LogP contribution in [0, 0.1) is 11.6 Å². The number of nitrogens with two attached hydrogens (primary N) is 1. The van der Waals surface area contributed by atoms with Gasteiger partial charge in [-0.05, 0) is 17.7 Å². The fourth-order valence-corrected chi connectivity index (χ4v) is 4.04. The highest BCUT2D eigenvalue weighted by Gasteiger charge is 2.34. The number of nitrogens with one attached hydrogen (secondary N) is 1. The molecule has 2 amide bonds. The van der Waals surface area contributed by atoms with Crippen LogP contribution in [0.25, 0.3) is 0 Å². The average molecular weight is 475 g/mol. The number of carbonyl (C=O) groups excluding carboxylic acids is 2. The third kappa shape index (κ3) is 5.54. The van der Waals surface area contributed by atoms with E-state index in [1.54, 1.807) is 16.0 Å². The first kappa shape index (κ1) is 23.7. The Morgan fingerprint density at radius 3 is 2.65 bits per heavy atom. The number of benzene rings is 2. The third-order valence-corrected chi connectivity index (χ3v) is 5.65. The van der Waals surface area contributed by atoms with Crippen molar-refractivity contribution in [1.82, 2.24) is 10.4 Å². The largest absolute Gasteiger partial charge is 0.442 e. The Hall–Kier alpha value is -3.44. The zero-order valence-electron chi connectivity index (χ0n) is 18.8. The minimum Gasteiger partial charge on any atom is -0.442 e. The minimum absolute atomic E-state index is 0.0587. The molecule has 9 nitrogen and oxygen atoms in total. The maximum atomic E-state index is 15.1. The number of halogens is 2. The maximum Gasteiger partial charge on any atom is 0.414 e. The number of anilines is 3. The molecule has 0 spiro atoms. The van der Waals surface area contributed by atoms with Crippen LogP contribution in [0.15, 0.2) is 36.4 Å². The molecule has 2 heterocycles. The number of nitrogen functional groups attached to an aromatic ring is 1. The molecule has 3 N–H and O–H groups in total. The number of ether oxygens (including phenoxy) is 1. The molecule has 2 fully saturated rings. The second-order valence-corrected chi connectivity index (χ2v) is 8.24. The summed E-state index contributed by atoms with van der Waals surface area (Å²) in [6, 6.07) is 9.69. The van der Waals surface area contributed by atoms with Gasteiger partial charge in [0.1, 0.15) is 11.8 Å². The predicted octanol–water partition coefficient (Wildman–Crippen LogP) is 2.26. The summed E-state index contributed by atoms with van der Waals surface area (Å²) >= 11 is 0. The van der Waals surface area contributed by atoms with E-state index in [0.29, 0.717) is 31.9 Å². The van der Waals surface area contributed by atoms with Gasteiger partial charge in [0, 0.05) is 50.9 Å². The smallest absolute Gasteiger partial charge is 0.414 e. The second-order valence-electron chi connectivity index (χ2n) is 8.24. The molecule has 2 aromatic carbocycles. The Labute approximate surface area is 195 Å². The van der Waals surface area contributed by atoms with E-state index in [-0.39, 0.29) is 37.0 Å². The Bertz CT molecular complexity index is 1050. The zero-order chi connectivity index (χ0) is 24.2. The first-order valence-corrected chi connectivity index (χ1v) is 11.0. The number of hydrogen-bond donors (Lipinski definition) is 2. The molecule has 1 atom stereocenters. The second kappa shape index (κ2) is 10.2. The molecule has 182 valence electrons. The van der Waals surface area contributed by atoms with Crippen molar-refractivity contribution in [3.05, 3.63) is 53.6 Å². The summed E-state index contributed by atoms with van der Waals surface area (Å²) in [7, 11) is 0. The molecule has 2 aliphatic heterocycles. The van der Waals surface area contributed by atoms with Crippen LogP contribution in [0.3, 0.4) is 0 Å². The van der Waals surface area contributed by atoms with Gasteiger partial charge in [-0.25, -0.2) is 13.6 Å². The Balaban J connectivity index is 1.43. The summed E-state index contributed by atoms with van der Waals surface area (Å²) in [5.74, 6) is -1.82. The van der Waals surface area contributed by atoms with E-state index in [1.165, 1.54) is 6.92 Å². The van der Waals surface area contributed by atoms with Crippen molar-refractivity contribution in [3.8, 4) is 0 Å². The van der Waals surface area contributed by atoms with Crippen LogP contribution >= 0.6 is 0 Å². The van der Waals surface area contributed by atoms with Gasteiger partial charge < -0.3 is 20.7 Å². The van der Waals surface area contributed by atoms with Gasteiger partial charge in [0.25, 0.3) is 0 Å². The van der Waals surface area contributed by atoms with Crippen LogP contribution in [-0.4, -0.2) is 62.5 Å². The lowest BCUT2D eigenvalue weighted by Crippen LogP contribution is -2.33. The van der Waals surface area contributed by atoms with Crippen molar-refractivity contribution in [2.75, 3.05) is 54.9 Å². The number of nitrogens with zero attached hydrogens (tertiary/aromatic N) is 3. The summed E-state index contributed by atoms with van der Waals surface area (Å²) in [6.07, 6.45) is -1.32. The monoisotopic (exact) mass is 475 g/mol. The molecule has 11 heteroatoms. The number of cyclic esters (lactones) is 1. The van der Waals surface area contributed by atoms with E-state index >= 15 is 8.78 Å². The highest BCUT2D eigenvalue weighted by Crippen LogP contribution is 2.31. The SMILES string of the molecule is CC(=O)NC[C@H]1CN(c2cc(F)c(N3CCON(Cc4cccc(N)c4)CC3)c(F)c2)C(=O)O1. The first-order valence-electron chi connectivity index (χ1n) is 11.0. The van der Waals surface area contributed by atoms with Crippen molar-refractivity contribution < 1.29 is 27.9 Å². The zero-order valence-corrected chi connectivity index (χ0v) is 18.8. The van der Waals surface area contributed by atoms with Gasteiger partial charge in [-0.3, -0.25) is 14.5 Å². The molecule has 0 radical (unpaired) electrons. The number of carbonyl (C=O) groups is 2. The molecule has 0 bridgehead atoms. The normalized spacial score (nSPS) is 19.1. The van der Waals surface area contributed by atoms with Crippen molar-refractivity contribution >= 4 is 29.1 Å². The van der Waals surface area contributed by atoms with Crippen molar-refractivity contribution in [1.29, 1.82) is 0 Å². The van der Waals surface area contributed by atoms with Gasteiger partial charge in [0.15, 0.2) is 11.6 Å². The van der Waals surface area contributed by atoms with Crippen LogP contribution in [-0.2, 0) is 20.9 Å². The van der Waals surface area contributed by atoms with Crippen molar-refractivity contribution in [2.45, 2.75) is 19.6 Å². The van der Waals surface area contributed by atoms with E-state index in [1.807, 2.05) is 18.2 Å². The number of rotatable bonds is 6. The molecule has 2 aromatic rings. The van der Waals surface area contributed by atoms with Crippen LogP contribution in [0.2, 0.25) is 0 Å². The predicted molar refractivity (Wildman–Crippen MR) is 122 cm³/mol. The lowest BCUT2D eigenvalue weighted by Gasteiger charge is -2.24. The van der Waals surface area contributed by atoms with Crippen LogP contribution in [0.1, 0.15) is 12.5 Å². The van der Waals surface area contributed by atoms with Crippen molar-refractivity contribution in [3.63, 3.8) is 0 Å². The summed E-state index contributed by atoms with van der Waals surface area (Å²) in [5, 5.41) is 4.31. The van der Waals surface area contributed by atoms with Gasteiger partial charge in [0.05, 0.1) is 25.4 Å². The molecule has 0 aromatic heterocycles. The van der Waals surface area contributed by atoms with Crippen LogP contribution in [0.4, 0.5) is 30.6 Å². The van der Waals surface area contributed by atoms with E-state index in [9.17, 15) is 9.59 Å². The molecule has 2 aliphatic rings. The summed E-state index contributed by atoms with van der Waals surface area (Å²) in [5.41, 5.74) is 7.35. The number of hydrogen-bond acceptors (Lipinski definition) is 7. The van der Waals surface area contributed by atoms with Gasteiger partial charge in [-0.2, -0.15) is 5.06 Å². The quantitative estimate of drug-likeness (QED) is 0.619. The molecule has 0 unspecified atom stereocenters. The van der Waals surface area contributed by atoms with Crippen LogP contribution in [0.5, 0.6) is 0 Å². The lowest BCUT2D eigenvalue weighted by atomic mass is 10.2. The lowest BCUT2D eigenvalue weighted by molar-refractivity contribution is -0.154. The topological polar surface area (TPSA) is 100 Å². The molecule has 2 saturated heterocycles. The molecular formula is C23H27F2N5O4. The maximum absolute atomic E-state index is 15.1. The Morgan fingerprint density at radius 2 is 1.94 bits per heavy atom. The number of hydroxylamine groups is 2. The third-order valence-electron chi connectivity index (χ3n) is 5.65. The van der Waals surface area contributed by atoms with E-state index in [2.05, 4.69) is 5.32 Å². The average Bonchev–Trinajstić information content (AvgIpc) is 3.00. The van der Waals surface area contributed by atoms with E-state index in [0.717, 1.165) is 22.6 Å². The van der Waals surface area contributed by atoms with Gasteiger partial charge in [0.2, 0.25) is 5.91 Å². The van der Waals surface area contributed by atoms with Gasteiger partial charge in [-0.1, -0.05) is 12.1 Å². The van der Waals surface area contributed by atoms with Gasteiger partial charge in [-0.15, -0.1) is 0 Å². The van der Waals surface area contributed by atoms with Crippen molar-refractivity contribution in [2.24, 2.45) is 0 Å². The number of amides is 2. The Morgan fingerprint density at radius 1 is 1.18 bits per heavy atom. The standard InChI is InChI=1S/C23H27F2N5O4/c1-15(31)27-12-19-14-30(23(32)34-19)18-10-20(24)22(21(25)11-18)28-5-6-29(33-8-7-28)13-16-3-2-4-17(26)9-16/h2-4,9-11,19H,5-8,12-14,26H2,1H3,(H,27,31)/t19-/m0/s1. The summed E-state index contributed by atoms with van der Waals surface area (Å²) in [4.78, 5) is 31.8. The molecule has 0 saturated carbocycles. The van der Waals surface area contributed by atoms with E-state index < -0.39 is 23.8 Å². The minimum atomic E-state index is -0.780.